The largest absolute Gasteiger partial charge is 0.482 e. The lowest BCUT2D eigenvalue weighted by atomic mass is 10.1. The van der Waals surface area contributed by atoms with E-state index in [-0.39, 0.29) is 25.1 Å². The van der Waals surface area contributed by atoms with E-state index in [1.165, 1.54) is 0 Å². The van der Waals surface area contributed by atoms with E-state index in [1.807, 2.05) is 48.5 Å². The second-order valence-corrected chi connectivity index (χ2v) is 6.95. The summed E-state index contributed by atoms with van der Waals surface area (Å²) >= 11 is 6.39. The molecular weight excluding hydrogens is 399 g/mol. The summed E-state index contributed by atoms with van der Waals surface area (Å²) in [5.74, 6) is 1.70. The van der Waals surface area contributed by atoms with Crippen LogP contribution in [0.4, 0.5) is 0 Å². The lowest BCUT2D eigenvalue weighted by Gasteiger charge is -2.30. The molecule has 6 nitrogen and oxygen atoms in total. The second-order valence-electron chi connectivity index (χ2n) is 6.55. The highest BCUT2D eigenvalue weighted by atomic mass is 35.5. The van der Waals surface area contributed by atoms with Crippen LogP contribution in [0, 0.1) is 0 Å². The fraction of sp³-hybridized carbons (Fsp3) is 0.300. The van der Waals surface area contributed by atoms with Crippen LogP contribution in [0.2, 0.25) is 5.02 Å². The van der Waals surface area contributed by atoms with Crippen molar-refractivity contribution < 1.29 is 9.26 Å². The Labute approximate surface area is 175 Å². The van der Waals surface area contributed by atoms with Crippen molar-refractivity contribution >= 4 is 24.0 Å². The van der Waals surface area contributed by atoms with E-state index >= 15 is 0 Å². The molecule has 0 bridgehead atoms. The summed E-state index contributed by atoms with van der Waals surface area (Å²) < 4.78 is 11.1. The molecule has 1 aromatic heterocycles. The molecule has 0 spiro atoms. The number of benzene rings is 2. The van der Waals surface area contributed by atoms with Crippen molar-refractivity contribution in [1.29, 1.82) is 0 Å². The molecular formula is C20H22Cl2N4O2. The van der Waals surface area contributed by atoms with Crippen LogP contribution in [0.5, 0.6) is 5.75 Å². The van der Waals surface area contributed by atoms with Gasteiger partial charge in [-0.3, -0.25) is 4.90 Å². The van der Waals surface area contributed by atoms with E-state index in [1.54, 1.807) is 0 Å². The molecule has 1 aliphatic heterocycles. The Kier molecular flexibility index (Phi) is 6.91. The van der Waals surface area contributed by atoms with Crippen LogP contribution in [0.3, 0.4) is 0 Å². The van der Waals surface area contributed by atoms with E-state index in [0.29, 0.717) is 22.5 Å². The minimum atomic E-state index is 0. The molecule has 2 aromatic carbocycles. The predicted octanol–water partition coefficient (Wildman–Crippen LogP) is 3.97. The molecule has 1 aliphatic rings. The van der Waals surface area contributed by atoms with Gasteiger partial charge in [0.1, 0.15) is 5.75 Å². The molecule has 0 aliphatic carbocycles. The van der Waals surface area contributed by atoms with Crippen LogP contribution in [-0.2, 0) is 6.61 Å². The van der Waals surface area contributed by atoms with E-state index in [4.69, 9.17) is 20.9 Å². The van der Waals surface area contributed by atoms with Gasteiger partial charge in [0.2, 0.25) is 0 Å². The molecule has 148 valence electrons. The van der Waals surface area contributed by atoms with Gasteiger partial charge in [-0.25, -0.2) is 0 Å². The zero-order valence-corrected chi connectivity index (χ0v) is 17.0. The van der Waals surface area contributed by atoms with Gasteiger partial charge in [0.05, 0.1) is 11.1 Å². The van der Waals surface area contributed by atoms with Gasteiger partial charge in [0, 0.05) is 19.6 Å². The van der Waals surface area contributed by atoms with Crippen molar-refractivity contribution in [2.75, 3.05) is 26.7 Å². The van der Waals surface area contributed by atoms with Crippen molar-refractivity contribution in [2.24, 2.45) is 0 Å². The maximum Gasteiger partial charge on any atom is 0.264 e. The quantitative estimate of drug-likeness (QED) is 0.673. The molecule has 1 N–H and O–H groups in total. The summed E-state index contributed by atoms with van der Waals surface area (Å²) in [5, 5.41) is 7.99. The fourth-order valence-electron chi connectivity index (χ4n) is 3.12. The van der Waals surface area contributed by atoms with Crippen LogP contribution in [0.1, 0.15) is 17.8 Å². The molecule has 0 saturated carbocycles. The third-order valence-corrected chi connectivity index (χ3v) is 4.98. The van der Waals surface area contributed by atoms with Gasteiger partial charge < -0.3 is 14.6 Å². The minimum absolute atomic E-state index is 0. The van der Waals surface area contributed by atoms with Crippen LogP contribution in [-0.4, -0.2) is 41.7 Å². The molecule has 0 amide bonds. The van der Waals surface area contributed by atoms with Crippen LogP contribution < -0.4 is 10.1 Å². The summed E-state index contributed by atoms with van der Waals surface area (Å²) in [6.07, 6.45) is 0. The first kappa shape index (κ1) is 20.6. The molecule has 0 radical (unpaired) electrons. The van der Waals surface area contributed by atoms with Crippen molar-refractivity contribution in [1.82, 2.24) is 20.4 Å². The smallest absolute Gasteiger partial charge is 0.264 e. The molecule has 1 unspecified atom stereocenters. The Balaban J connectivity index is 0.00000225. The van der Waals surface area contributed by atoms with Crippen molar-refractivity contribution in [2.45, 2.75) is 12.6 Å². The van der Waals surface area contributed by atoms with Gasteiger partial charge >= 0.3 is 0 Å². The van der Waals surface area contributed by atoms with Crippen molar-refractivity contribution in [3.63, 3.8) is 0 Å². The topological polar surface area (TPSA) is 63.4 Å². The maximum absolute atomic E-state index is 6.39. The Hall–Kier alpha value is -2.12. The summed E-state index contributed by atoms with van der Waals surface area (Å²) in [7, 11) is 2.06. The molecule has 3 aromatic rings. The standard InChI is InChI=1S/C20H21ClN4O2.ClH/c1-25-10-9-22-12-17(25)20-23-19(27-24-20)13-26-18-8-7-15(11-16(18)21)14-5-3-2-4-6-14;/h2-8,11,17,22H,9-10,12-13H2,1H3;1H. The summed E-state index contributed by atoms with van der Waals surface area (Å²) in [6.45, 7) is 2.91. The highest BCUT2D eigenvalue weighted by Crippen LogP contribution is 2.31. The number of likely N-dealkylation sites (N-methyl/N-ethyl adjacent to an activating group) is 1. The second kappa shape index (κ2) is 9.39. The van der Waals surface area contributed by atoms with Crippen molar-refractivity contribution in [3.05, 3.63) is 65.3 Å². The van der Waals surface area contributed by atoms with Gasteiger partial charge in [-0.15, -0.1) is 12.4 Å². The van der Waals surface area contributed by atoms with E-state index in [9.17, 15) is 0 Å². The number of hydrogen-bond donors (Lipinski definition) is 1. The monoisotopic (exact) mass is 420 g/mol. The average molecular weight is 421 g/mol. The van der Waals surface area contributed by atoms with Gasteiger partial charge in [-0.1, -0.05) is 53.2 Å². The molecule has 1 saturated heterocycles. The Morgan fingerprint density at radius 2 is 2.04 bits per heavy atom. The summed E-state index contributed by atoms with van der Waals surface area (Å²) in [6, 6.07) is 15.9. The van der Waals surface area contributed by atoms with Crippen molar-refractivity contribution in [3.8, 4) is 16.9 Å². The molecule has 2 heterocycles. The van der Waals surface area contributed by atoms with Crippen LogP contribution >= 0.6 is 24.0 Å². The highest BCUT2D eigenvalue weighted by molar-refractivity contribution is 6.32. The number of ether oxygens (including phenoxy) is 1. The number of halogens is 2. The molecule has 4 rings (SSSR count). The predicted molar refractivity (Wildman–Crippen MR) is 111 cm³/mol. The Bertz CT molecular complexity index is 904. The number of aromatic nitrogens is 2. The lowest BCUT2D eigenvalue weighted by molar-refractivity contribution is 0.189. The van der Waals surface area contributed by atoms with E-state index < -0.39 is 0 Å². The van der Waals surface area contributed by atoms with Gasteiger partial charge in [0.25, 0.3) is 5.89 Å². The van der Waals surface area contributed by atoms with Gasteiger partial charge in [-0.05, 0) is 30.3 Å². The average Bonchev–Trinajstić information content (AvgIpc) is 3.17. The number of rotatable bonds is 5. The Morgan fingerprint density at radius 1 is 1.21 bits per heavy atom. The molecule has 1 fully saturated rings. The number of hydrogen-bond acceptors (Lipinski definition) is 6. The summed E-state index contributed by atoms with van der Waals surface area (Å²) in [5.41, 5.74) is 2.15. The third-order valence-electron chi connectivity index (χ3n) is 4.68. The summed E-state index contributed by atoms with van der Waals surface area (Å²) in [4.78, 5) is 6.68. The number of nitrogens with one attached hydrogen (secondary N) is 1. The number of piperazine rings is 1. The molecule has 1 atom stereocenters. The van der Waals surface area contributed by atoms with E-state index in [2.05, 4.69) is 27.4 Å². The normalized spacial score (nSPS) is 17.1. The van der Waals surface area contributed by atoms with Crippen LogP contribution in [0.15, 0.2) is 53.1 Å². The zero-order chi connectivity index (χ0) is 18.6. The highest BCUT2D eigenvalue weighted by Gasteiger charge is 2.25. The first-order chi connectivity index (χ1) is 13.2. The lowest BCUT2D eigenvalue weighted by Crippen LogP contribution is -2.44. The minimum Gasteiger partial charge on any atom is -0.482 e. The fourth-order valence-corrected chi connectivity index (χ4v) is 3.36. The zero-order valence-electron chi connectivity index (χ0n) is 15.5. The van der Waals surface area contributed by atoms with Gasteiger partial charge in [-0.2, -0.15) is 4.98 Å². The third kappa shape index (κ3) is 4.64. The van der Waals surface area contributed by atoms with Gasteiger partial charge in [0.15, 0.2) is 12.4 Å². The maximum atomic E-state index is 6.39. The van der Waals surface area contributed by atoms with E-state index in [0.717, 1.165) is 30.8 Å². The molecule has 28 heavy (non-hydrogen) atoms. The van der Waals surface area contributed by atoms with Crippen LogP contribution in [0.25, 0.3) is 11.1 Å². The Morgan fingerprint density at radius 3 is 2.79 bits per heavy atom. The SMILES string of the molecule is CN1CCNCC1c1noc(COc2ccc(-c3ccccc3)cc2Cl)n1.Cl. The first-order valence-corrected chi connectivity index (χ1v) is 9.30. The first-order valence-electron chi connectivity index (χ1n) is 8.92. The number of nitrogens with zero attached hydrogens (tertiary/aromatic N) is 3. The molecule has 8 heteroatoms.